The lowest BCUT2D eigenvalue weighted by atomic mass is 9.95. The van der Waals surface area contributed by atoms with E-state index in [0.29, 0.717) is 12.5 Å². The zero-order valence-electron chi connectivity index (χ0n) is 11.3. The number of aliphatic carboxylic acids is 1. The van der Waals surface area contributed by atoms with E-state index in [9.17, 15) is 9.59 Å². The van der Waals surface area contributed by atoms with Crippen LogP contribution in [0.3, 0.4) is 0 Å². The molecular formula is C13H25NO3. The van der Waals surface area contributed by atoms with E-state index >= 15 is 0 Å². The molecule has 0 fully saturated rings. The summed E-state index contributed by atoms with van der Waals surface area (Å²) in [5.74, 6) is -1.50. The summed E-state index contributed by atoms with van der Waals surface area (Å²) in [5.41, 5.74) is 0. The number of carboxylic acid groups (broad SMARTS) is 1. The molecule has 2 unspecified atom stereocenters. The van der Waals surface area contributed by atoms with Gasteiger partial charge in [-0.15, -0.1) is 0 Å². The first-order chi connectivity index (χ1) is 7.86. The summed E-state index contributed by atoms with van der Waals surface area (Å²) < 4.78 is 0. The Labute approximate surface area is 104 Å². The van der Waals surface area contributed by atoms with Gasteiger partial charge in [-0.05, 0) is 12.3 Å². The molecule has 2 N–H and O–H groups in total. The van der Waals surface area contributed by atoms with Gasteiger partial charge >= 0.3 is 5.97 Å². The highest BCUT2D eigenvalue weighted by molar-refractivity contribution is 5.84. The minimum absolute atomic E-state index is 0.163. The summed E-state index contributed by atoms with van der Waals surface area (Å²) in [6, 6.07) is 0. The quantitative estimate of drug-likeness (QED) is 0.643. The molecule has 0 aromatic heterocycles. The molecule has 0 bridgehead atoms. The number of hydrogen-bond donors (Lipinski definition) is 2. The second kappa shape index (κ2) is 8.09. The summed E-state index contributed by atoms with van der Waals surface area (Å²) in [6.45, 7) is 8.21. The standard InChI is InChI=1S/C13H25NO3/c1-9(2)7-5-6-8-14-12(15)10(3)11(4)13(16)17/h9-11H,5-8H2,1-4H3,(H,14,15)(H,16,17). The van der Waals surface area contributed by atoms with Gasteiger partial charge in [-0.2, -0.15) is 0 Å². The molecule has 0 spiro atoms. The minimum atomic E-state index is -0.924. The van der Waals surface area contributed by atoms with E-state index in [2.05, 4.69) is 19.2 Å². The van der Waals surface area contributed by atoms with Gasteiger partial charge in [0, 0.05) is 12.5 Å². The molecule has 0 radical (unpaired) electrons. The van der Waals surface area contributed by atoms with Crippen LogP contribution in [0.1, 0.15) is 47.0 Å². The van der Waals surface area contributed by atoms with Crippen molar-refractivity contribution in [1.82, 2.24) is 5.32 Å². The largest absolute Gasteiger partial charge is 0.481 e. The van der Waals surface area contributed by atoms with Gasteiger partial charge in [-0.1, -0.05) is 40.5 Å². The molecular weight excluding hydrogens is 218 g/mol. The van der Waals surface area contributed by atoms with Gasteiger partial charge in [0.1, 0.15) is 0 Å². The van der Waals surface area contributed by atoms with Crippen LogP contribution in [0.25, 0.3) is 0 Å². The molecule has 2 atom stereocenters. The molecule has 4 nitrogen and oxygen atoms in total. The molecule has 0 saturated carbocycles. The summed E-state index contributed by atoms with van der Waals surface area (Å²) in [5, 5.41) is 11.6. The zero-order valence-corrected chi connectivity index (χ0v) is 11.3. The fraction of sp³-hybridized carbons (Fsp3) is 0.846. The molecule has 100 valence electrons. The van der Waals surface area contributed by atoms with Crippen LogP contribution in [0, 0.1) is 17.8 Å². The number of rotatable bonds is 8. The van der Waals surface area contributed by atoms with Crippen molar-refractivity contribution in [2.75, 3.05) is 6.54 Å². The predicted octanol–water partition coefficient (Wildman–Crippen LogP) is 2.29. The molecule has 1 amide bonds. The van der Waals surface area contributed by atoms with Crippen LogP contribution in [0.4, 0.5) is 0 Å². The summed E-state index contributed by atoms with van der Waals surface area (Å²) in [4.78, 5) is 22.3. The van der Waals surface area contributed by atoms with Crippen LogP contribution in [-0.4, -0.2) is 23.5 Å². The number of carbonyl (C=O) groups excluding carboxylic acids is 1. The highest BCUT2D eigenvalue weighted by Gasteiger charge is 2.25. The molecule has 0 heterocycles. The van der Waals surface area contributed by atoms with E-state index in [1.54, 1.807) is 13.8 Å². The van der Waals surface area contributed by atoms with Crippen molar-refractivity contribution in [2.45, 2.75) is 47.0 Å². The van der Waals surface area contributed by atoms with Crippen molar-refractivity contribution in [2.24, 2.45) is 17.8 Å². The first-order valence-corrected chi connectivity index (χ1v) is 6.36. The van der Waals surface area contributed by atoms with E-state index in [4.69, 9.17) is 5.11 Å². The SMILES string of the molecule is CC(C)CCCCNC(=O)C(C)C(C)C(=O)O. The lowest BCUT2D eigenvalue weighted by Gasteiger charge is -2.15. The number of carbonyl (C=O) groups is 2. The van der Waals surface area contributed by atoms with Crippen LogP contribution in [0.5, 0.6) is 0 Å². The molecule has 0 aliphatic carbocycles. The normalized spacial score (nSPS) is 14.4. The highest BCUT2D eigenvalue weighted by Crippen LogP contribution is 2.11. The summed E-state index contributed by atoms with van der Waals surface area (Å²) in [6.07, 6.45) is 3.22. The Morgan fingerprint density at radius 3 is 2.12 bits per heavy atom. The van der Waals surface area contributed by atoms with Crippen LogP contribution in [0.2, 0.25) is 0 Å². The number of hydrogen-bond acceptors (Lipinski definition) is 2. The number of amides is 1. The van der Waals surface area contributed by atoms with Gasteiger partial charge in [0.25, 0.3) is 0 Å². The van der Waals surface area contributed by atoms with Gasteiger partial charge in [-0.25, -0.2) is 0 Å². The first-order valence-electron chi connectivity index (χ1n) is 6.36. The fourth-order valence-electron chi connectivity index (χ4n) is 1.49. The lowest BCUT2D eigenvalue weighted by Crippen LogP contribution is -2.35. The van der Waals surface area contributed by atoms with Crippen molar-refractivity contribution in [3.05, 3.63) is 0 Å². The molecule has 0 rings (SSSR count). The van der Waals surface area contributed by atoms with Crippen molar-refractivity contribution in [3.63, 3.8) is 0 Å². The number of unbranched alkanes of at least 4 members (excludes halogenated alkanes) is 1. The maximum atomic E-state index is 11.6. The van der Waals surface area contributed by atoms with Crippen LogP contribution in [-0.2, 0) is 9.59 Å². The summed E-state index contributed by atoms with van der Waals surface area (Å²) >= 11 is 0. The zero-order chi connectivity index (χ0) is 13.4. The maximum Gasteiger partial charge on any atom is 0.307 e. The van der Waals surface area contributed by atoms with Crippen LogP contribution in [0.15, 0.2) is 0 Å². The highest BCUT2D eigenvalue weighted by atomic mass is 16.4. The van der Waals surface area contributed by atoms with E-state index in [1.807, 2.05) is 0 Å². The second-order valence-electron chi connectivity index (χ2n) is 5.10. The van der Waals surface area contributed by atoms with Crippen molar-refractivity contribution < 1.29 is 14.7 Å². The van der Waals surface area contributed by atoms with Gasteiger partial charge < -0.3 is 10.4 Å². The van der Waals surface area contributed by atoms with Crippen molar-refractivity contribution in [1.29, 1.82) is 0 Å². The number of carboxylic acids is 1. The third-order valence-electron chi connectivity index (χ3n) is 3.06. The minimum Gasteiger partial charge on any atom is -0.481 e. The Hall–Kier alpha value is -1.06. The molecule has 0 aromatic rings. The molecule has 0 aromatic carbocycles. The van der Waals surface area contributed by atoms with Crippen LogP contribution < -0.4 is 5.32 Å². The average Bonchev–Trinajstić information content (AvgIpc) is 2.25. The average molecular weight is 243 g/mol. The van der Waals surface area contributed by atoms with Gasteiger partial charge in [0.2, 0.25) is 5.91 Å². The van der Waals surface area contributed by atoms with Gasteiger partial charge in [-0.3, -0.25) is 9.59 Å². The van der Waals surface area contributed by atoms with Crippen molar-refractivity contribution >= 4 is 11.9 Å². The molecule has 4 heteroatoms. The first kappa shape index (κ1) is 15.9. The van der Waals surface area contributed by atoms with Crippen molar-refractivity contribution in [3.8, 4) is 0 Å². The lowest BCUT2D eigenvalue weighted by molar-refractivity contribution is -0.146. The molecule has 0 aliphatic rings. The van der Waals surface area contributed by atoms with E-state index in [1.165, 1.54) is 0 Å². The Balaban J connectivity index is 3.75. The molecule has 0 saturated heterocycles. The number of nitrogens with one attached hydrogen (secondary N) is 1. The Bertz CT molecular complexity index is 251. The van der Waals surface area contributed by atoms with Crippen LogP contribution >= 0.6 is 0 Å². The van der Waals surface area contributed by atoms with Gasteiger partial charge in [0.15, 0.2) is 0 Å². The van der Waals surface area contributed by atoms with E-state index in [0.717, 1.165) is 19.3 Å². The van der Waals surface area contributed by atoms with E-state index < -0.39 is 17.8 Å². The third-order valence-corrected chi connectivity index (χ3v) is 3.06. The second-order valence-corrected chi connectivity index (χ2v) is 5.10. The monoisotopic (exact) mass is 243 g/mol. The predicted molar refractivity (Wildman–Crippen MR) is 67.7 cm³/mol. The topological polar surface area (TPSA) is 66.4 Å². The smallest absolute Gasteiger partial charge is 0.307 e. The Morgan fingerprint density at radius 1 is 1.06 bits per heavy atom. The Kier molecular flexibility index (Phi) is 7.59. The third kappa shape index (κ3) is 6.97. The molecule has 0 aliphatic heterocycles. The fourth-order valence-corrected chi connectivity index (χ4v) is 1.49. The Morgan fingerprint density at radius 2 is 1.65 bits per heavy atom. The van der Waals surface area contributed by atoms with E-state index in [-0.39, 0.29) is 5.91 Å². The van der Waals surface area contributed by atoms with Gasteiger partial charge in [0.05, 0.1) is 5.92 Å². The summed E-state index contributed by atoms with van der Waals surface area (Å²) in [7, 11) is 0. The molecule has 17 heavy (non-hydrogen) atoms. The maximum absolute atomic E-state index is 11.6.